The van der Waals surface area contributed by atoms with E-state index in [1.807, 2.05) is 0 Å². The van der Waals surface area contributed by atoms with Gasteiger partial charge >= 0.3 is 0 Å². The molecule has 1 heteroatoms. The van der Waals surface area contributed by atoms with E-state index in [2.05, 4.69) is 26.1 Å². The molecule has 0 amide bonds. The molecule has 1 fully saturated rings. The number of hydrogen-bond acceptors (Lipinski definition) is 1. The molecule has 1 rings (SSSR count). The van der Waals surface area contributed by atoms with Crippen LogP contribution in [0.4, 0.5) is 0 Å². The molecule has 0 heterocycles. The van der Waals surface area contributed by atoms with Crippen LogP contribution in [0, 0.1) is 11.8 Å². The van der Waals surface area contributed by atoms with E-state index in [1.165, 1.54) is 45.1 Å². The van der Waals surface area contributed by atoms with E-state index in [9.17, 15) is 0 Å². The zero-order valence-corrected chi connectivity index (χ0v) is 10.2. The van der Waals surface area contributed by atoms with Crippen molar-refractivity contribution < 1.29 is 0 Å². The molecule has 0 aliphatic heterocycles. The largest absolute Gasteiger partial charge is 0.314 e. The van der Waals surface area contributed by atoms with Crippen molar-refractivity contribution in [2.45, 2.75) is 65.3 Å². The smallest absolute Gasteiger partial charge is 0.00411 e. The average molecular weight is 197 g/mol. The second kappa shape index (κ2) is 6.44. The molecule has 0 spiro atoms. The highest BCUT2D eigenvalue weighted by atomic mass is 14.9. The number of nitrogens with one attached hydrogen (secondary N) is 1. The summed E-state index contributed by atoms with van der Waals surface area (Å²) in [5, 5.41) is 3.64. The fourth-order valence-corrected chi connectivity index (χ4v) is 2.62. The molecular formula is C13H27N. The monoisotopic (exact) mass is 197 g/mol. The lowest BCUT2D eigenvalue weighted by Crippen LogP contribution is -2.29. The van der Waals surface area contributed by atoms with Crippen molar-refractivity contribution in [2.24, 2.45) is 11.8 Å². The molecule has 1 nitrogen and oxygen atoms in total. The predicted molar refractivity (Wildman–Crippen MR) is 63.5 cm³/mol. The Morgan fingerprint density at radius 3 is 2.36 bits per heavy atom. The van der Waals surface area contributed by atoms with Gasteiger partial charge in [-0.05, 0) is 38.1 Å². The number of rotatable bonds is 6. The maximum atomic E-state index is 3.64. The van der Waals surface area contributed by atoms with Crippen molar-refractivity contribution in [1.29, 1.82) is 0 Å². The third-order valence-electron chi connectivity index (χ3n) is 3.35. The summed E-state index contributed by atoms with van der Waals surface area (Å²) in [4.78, 5) is 0. The first-order chi connectivity index (χ1) is 6.68. The third-order valence-corrected chi connectivity index (χ3v) is 3.35. The van der Waals surface area contributed by atoms with Gasteiger partial charge in [0.15, 0.2) is 0 Å². The fourth-order valence-electron chi connectivity index (χ4n) is 2.62. The summed E-state index contributed by atoms with van der Waals surface area (Å²) in [7, 11) is 0. The van der Waals surface area contributed by atoms with Crippen LogP contribution >= 0.6 is 0 Å². The molecule has 1 atom stereocenters. The van der Waals surface area contributed by atoms with Gasteiger partial charge in [-0.3, -0.25) is 0 Å². The Labute approximate surface area is 89.7 Å². The van der Waals surface area contributed by atoms with Crippen LogP contribution in [0.15, 0.2) is 0 Å². The van der Waals surface area contributed by atoms with Gasteiger partial charge in [0, 0.05) is 6.04 Å². The Bertz CT molecular complexity index is 136. The van der Waals surface area contributed by atoms with E-state index in [4.69, 9.17) is 0 Å². The first-order valence-electron chi connectivity index (χ1n) is 6.42. The lowest BCUT2D eigenvalue weighted by molar-refractivity contribution is 0.408. The topological polar surface area (TPSA) is 12.0 Å². The quantitative estimate of drug-likeness (QED) is 0.686. The van der Waals surface area contributed by atoms with Gasteiger partial charge in [-0.1, -0.05) is 39.5 Å². The standard InChI is InChI=1S/C13H27N/c1-11(2)10-12(3)14-9-8-13-6-4-5-7-13/h11-14H,4-10H2,1-3H3. The van der Waals surface area contributed by atoms with Crippen molar-refractivity contribution in [1.82, 2.24) is 5.32 Å². The minimum Gasteiger partial charge on any atom is -0.314 e. The molecule has 0 aromatic heterocycles. The third kappa shape index (κ3) is 4.99. The summed E-state index contributed by atoms with van der Waals surface area (Å²) in [6, 6.07) is 0.705. The van der Waals surface area contributed by atoms with Gasteiger partial charge in [0.2, 0.25) is 0 Å². The molecule has 1 aliphatic carbocycles. The van der Waals surface area contributed by atoms with Gasteiger partial charge in [-0.25, -0.2) is 0 Å². The van der Waals surface area contributed by atoms with Crippen LogP contribution in [0.25, 0.3) is 0 Å². The van der Waals surface area contributed by atoms with Gasteiger partial charge in [0.1, 0.15) is 0 Å². The summed E-state index contributed by atoms with van der Waals surface area (Å²) < 4.78 is 0. The zero-order valence-electron chi connectivity index (χ0n) is 10.2. The number of hydrogen-bond donors (Lipinski definition) is 1. The highest BCUT2D eigenvalue weighted by Crippen LogP contribution is 2.26. The lowest BCUT2D eigenvalue weighted by atomic mass is 10.0. The van der Waals surface area contributed by atoms with E-state index < -0.39 is 0 Å². The molecule has 84 valence electrons. The van der Waals surface area contributed by atoms with Crippen molar-refractivity contribution in [2.75, 3.05) is 6.54 Å². The Hall–Kier alpha value is -0.0400. The molecule has 1 saturated carbocycles. The minimum absolute atomic E-state index is 0.705. The minimum atomic E-state index is 0.705. The van der Waals surface area contributed by atoms with Crippen molar-refractivity contribution in [3.8, 4) is 0 Å². The van der Waals surface area contributed by atoms with Gasteiger partial charge in [0.05, 0.1) is 0 Å². The average Bonchev–Trinajstić information content (AvgIpc) is 2.55. The Balaban J connectivity index is 1.96. The lowest BCUT2D eigenvalue weighted by Gasteiger charge is -2.17. The normalized spacial score (nSPS) is 20.6. The highest BCUT2D eigenvalue weighted by Gasteiger charge is 2.14. The Kier molecular flexibility index (Phi) is 5.54. The first kappa shape index (κ1) is 12.0. The molecule has 1 unspecified atom stereocenters. The summed E-state index contributed by atoms with van der Waals surface area (Å²) in [6.45, 7) is 8.15. The van der Waals surface area contributed by atoms with E-state index >= 15 is 0 Å². The summed E-state index contributed by atoms with van der Waals surface area (Å²) in [5.41, 5.74) is 0. The van der Waals surface area contributed by atoms with Crippen molar-refractivity contribution in [3.05, 3.63) is 0 Å². The molecule has 0 saturated heterocycles. The molecular weight excluding hydrogens is 170 g/mol. The van der Waals surface area contributed by atoms with Crippen molar-refractivity contribution >= 4 is 0 Å². The molecule has 0 aromatic carbocycles. The highest BCUT2D eigenvalue weighted by molar-refractivity contribution is 4.70. The van der Waals surface area contributed by atoms with Gasteiger partial charge in [0.25, 0.3) is 0 Å². The molecule has 1 aliphatic rings. The van der Waals surface area contributed by atoms with E-state index in [0.29, 0.717) is 6.04 Å². The van der Waals surface area contributed by atoms with E-state index in [-0.39, 0.29) is 0 Å². The summed E-state index contributed by atoms with van der Waals surface area (Å²) in [6.07, 6.45) is 8.64. The Morgan fingerprint density at radius 1 is 1.14 bits per heavy atom. The SMILES string of the molecule is CC(C)CC(C)NCCC1CCCC1. The van der Waals surface area contributed by atoms with Gasteiger partial charge < -0.3 is 5.32 Å². The molecule has 1 N–H and O–H groups in total. The maximum Gasteiger partial charge on any atom is 0.00411 e. The van der Waals surface area contributed by atoms with Crippen LogP contribution in [0.1, 0.15) is 59.3 Å². The second-order valence-electron chi connectivity index (χ2n) is 5.42. The van der Waals surface area contributed by atoms with Crippen LogP contribution in [0.5, 0.6) is 0 Å². The Morgan fingerprint density at radius 2 is 1.79 bits per heavy atom. The predicted octanol–water partition coefficient (Wildman–Crippen LogP) is 3.59. The molecule has 0 aromatic rings. The maximum absolute atomic E-state index is 3.64. The van der Waals surface area contributed by atoms with Crippen LogP contribution in [-0.2, 0) is 0 Å². The molecule has 14 heavy (non-hydrogen) atoms. The first-order valence-corrected chi connectivity index (χ1v) is 6.42. The summed E-state index contributed by atoms with van der Waals surface area (Å²) in [5.74, 6) is 1.86. The van der Waals surface area contributed by atoms with E-state index in [0.717, 1.165) is 11.8 Å². The van der Waals surface area contributed by atoms with E-state index in [1.54, 1.807) is 0 Å². The van der Waals surface area contributed by atoms with Gasteiger partial charge in [-0.15, -0.1) is 0 Å². The molecule has 0 radical (unpaired) electrons. The summed E-state index contributed by atoms with van der Waals surface area (Å²) >= 11 is 0. The zero-order chi connectivity index (χ0) is 10.4. The van der Waals surface area contributed by atoms with Crippen LogP contribution in [0.3, 0.4) is 0 Å². The fraction of sp³-hybridized carbons (Fsp3) is 1.00. The van der Waals surface area contributed by atoms with Crippen LogP contribution < -0.4 is 5.32 Å². The van der Waals surface area contributed by atoms with Crippen molar-refractivity contribution in [3.63, 3.8) is 0 Å². The molecule has 0 bridgehead atoms. The second-order valence-corrected chi connectivity index (χ2v) is 5.42. The van der Waals surface area contributed by atoms with Gasteiger partial charge in [-0.2, -0.15) is 0 Å². The van der Waals surface area contributed by atoms with Crippen LogP contribution in [-0.4, -0.2) is 12.6 Å². The van der Waals surface area contributed by atoms with Crippen LogP contribution in [0.2, 0.25) is 0 Å².